The van der Waals surface area contributed by atoms with Crippen molar-refractivity contribution < 1.29 is 9.53 Å². The zero-order chi connectivity index (χ0) is 19.4. The van der Waals surface area contributed by atoms with Crippen molar-refractivity contribution >= 4 is 17.3 Å². The molecule has 0 aromatic heterocycles. The monoisotopic (exact) mass is 366 g/mol. The zero-order valence-corrected chi connectivity index (χ0v) is 16.8. The van der Waals surface area contributed by atoms with Crippen molar-refractivity contribution in [3.63, 3.8) is 0 Å². The fraction of sp³-hybridized carbons (Fsp3) is 0.435. The van der Waals surface area contributed by atoms with Gasteiger partial charge >= 0.3 is 0 Å². The largest absolute Gasteiger partial charge is 0.380 e. The molecule has 0 radical (unpaired) electrons. The van der Waals surface area contributed by atoms with Crippen molar-refractivity contribution in [3.8, 4) is 0 Å². The third-order valence-electron chi connectivity index (χ3n) is 5.21. The molecule has 1 aliphatic heterocycles. The summed E-state index contributed by atoms with van der Waals surface area (Å²) >= 11 is 0. The molecule has 1 heterocycles. The molecular formula is C23H30N2O2. The van der Waals surface area contributed by atoms with Gasteiger partial charge in [0, 0.05) is 37.1 Å². The third kappa shape index (κ3) is 4.89. The van der Waals surface area contributed by atoms with Crippen molar-refractivity contribution in [2.45, 2.75) is 45.1 Å². The highest BCUT2D eigenvalue weighted by molar-refractivity contribution is 6.04. The van der Waals surface area contributed by atoms with Gasteiger partial charge in [0.25, 0.3) is 5.91 Å². The van der Waals surface area contributed by atoms with Crippen LogP contribution in [-0.2, 0) is 10.2 Å². The minimum absolute atomic E-state index is 0.0828. The molecule has 0 saturated carbocycles. The number of anilines is 2. The maximum Gasteiger partial charge on any atom is 0.255 e. The first-order valence-electron chi connectivity index (χ1n) is 9.66. The molecule has 0 bridgehead atoms. The van der Waals surface area contributed by atoms with Crippen molar-refractivity contribution in [1.29, 1.82) is 0 Å². The van der Waals surface area contributed by atoms with Crippen LogP contribution in [0.5, 0.6) is 0 Å². The Balaban J connectivity index is 1.63. The molecule has 1 saturated heterocycles. The van der Waals surface area contributed by atoms with Gasteiger partial charge in [-0.25, -0.2) is 0 Å². The van der Waals surface area contributed by atoms with Crippen LogP contribution in [0.25, 0.3) is 0 Å². The number of benzene rings is 2. The summed E-state index contributed by atoms with van der Waals surface area (Å²) in [5.41, 5.74) is 3.96. The number of rotatable bonds is 4. The first-order chi connectivity index (χ1) is 12.9. The van der Waals surface area contributed by atoms with E-state index in [1.165, 1.54) is 11.3 Å². The molecule has 1 atom stereocenters. The lowest BCUT2D eigenvalue weighted by molar-refractivity contribution is 0.0893. The molecular weight excluding hydrogens is 336 g/mol. The highest BCUT2D eigenvalue weighted by Crippen LogP contribution is 2.24. The maximum atomic E-state index is 12.5. The smallest absolute Gasteiger partial charge is 0.255 e. The van der Waals surface area contributed by atoms with Gasteiger partial charge in [0.15, 0.2) is 0 Å². The van der Waals surface area contributed by atoms with Gasteiger partial charge in [-0.1, -0.05) is 32.9 Å². The van der Waals surface area contributed by atoms with E-state index in [9.17, 15) is 4.79 Å². The second kappa shape index (κ2) is 8.13. The SMILES string of the molecule is COC1CCCN(c2ccc(NC(=O)c3ccc(C(C)(C)C)cc3)cc2)C1. The Hall–Kier alpha value is -2.33. The molecule has 4 heteroatoms. The lowest BCUT2D eigenvalue weighted by Gasteiger charge is -2.33. The van der Waals surface area contributed by atoms with Crippen LogP contribution in [0.15, 0.2) is 48.5 Å². The zero-order valence-electron chi connectivity index (χ0n) is 16.8. The van der Waals surface area contributed by atoms with E-state index in [1.807, 2.05) is 36.4 Å². The molecule has 3 rings (SSSR count). The van der Waals surface area contributed by atoms with E-state index < -0.39 is 0 Å². The van der Waals surface area contributed by atoms with Gasteiger partial charge in [-0.2, -0.15) is 0 Å². The number of ether oxygens (including phenoxy) is 1. The minimum Gasteiger partial charge on any atom is -0.380 e. The Morgan fingerprint density at radius 1 is 1.07 bits per heavy atom. The number of nitrogens with zero attached hydrogens (tertiary/aromatic N) is 1. The predicted molar refractivity (Wildman–Crippen MR) is 112 cm³/mol. The molecule has 1 fully saturated rings. The molecule has 2 aromatic rings. The summed E-state index contributed by atoms with van der Waals surface area (Å²) < 4.78 is 5.50. The average Bonchev–Trinajstić information content (AvgIpc) is 2.68. The maximum absolute atomic E-state index is 12.5. The normalized spacial score (nSPS) is 17.6. The van der Waals surface area contributed by atoms with Gasteiger partial charge in [-0.05, 0) is 60.2 Å². The third-order valence-corrected chi connectivity index (χ3v) is 5.21. The molecule has 2 aromatic carbocycles. The summed E-state index contributed by atoms with van der Waals surface area (Å²) in [5.74, 6) is -0.0828. The number of carbonyl (C=O) groups is 1. The second-order valence-electron chi connectivity index (χ2n) is 8.27. The fourth-order valence-electron chi connectivity index (χ4n) is 3.45. The van der Waals surface area contributed by atoms with Crippen LogP contribution in [-0.4, -0.2) is 32.2 Å². The Bertz CT molecular complexity index is 760. The summed E-state index contributed by atoms with van der Waals surface area (Å²) in [6, 6.07) is 15.9. The van der Waals surface area contributed by atoms with Gasteiger partial charge in [0.1, 0.15) is 0 Å². The van der Waals surface area contributed by atoms with Gasteiger partial charge in [-0.3, -0.25) is 4.79 Å². The number of nitrogens with one attached hydrogen (secondary N) is 1. The number of hydrogen-bond acceptors (Lipinski definition) is 3. The van der Waals surface area contributed by atoms with Crippen molar-refractivity contribution in [1.82, 2.24) is 0 Å². The van der Waals surface area contributed by atoms with Crippen LogP contribution in [0.4, 0.5) is 11.4 Å². The molecule has 4 nitrogen and oxygen atoms in total. The number of amides is 1. The Morgan fingerprint density at radius 3 is 2.33 bits per heavy atom. The predicted octanol–water partition coefficient (Wildman–Crippen LogP) is 4.85. The summed E-state index contributed by atoms with van der Waals surface area (Å²) in [6.07, 6.45) is 2.56. The highest BCUT2D eigenvalue weighted by Gasteiger charge is 2.19. The first kappa shape index (κ1) is 19.4. The molecule has 0 spiro atoms. The number of piperidine rings is 1. The van der Waals surface area contributed by atoms with E-state index >= 15 is 0 Å². The molecule has 144 valence electrons. The van der Waals surface area contributed by atoms with E-state index in [0.29, 0.717) is 11.7 Å². The van der Waals surface area contributed by atoms with Crippen LogP contribution in [0.2, 0.25) is 0 Å². The van der Waals surface area contributed by atoms with Gasteiger partial charge in [-0.15, -0.1) is 0 Å². The number of methoxy groups -OCH3 is 1. The molecule has 1 amide bonds. The number of hydrogen-bond donors (Lipinski definition) is 1. The molecule has 1 unspecified atom stereocenters. The Morgan fingerprint density at radius 2 is 1.74 bits per heavy atom. The quantitative estimate of drug-likeness (QED) is 0.841. The second-order valence-corrected chi connectivity index (χ2v) is 8.27. The summed E-state index contributed by atoms with van der Waals surface area (Å²) in [6.45, 7) is 8.47. The van der Waals surface area contributed by atoms with E-state index in [4.69, 9.17) is 4.74 Å². The molecule has 0 aliphatic carbocycles. The summed E-state index contributed by atoms with van der Waals surface area (Å²) in [4.78, 5) is 14.8. The average molecular weight is 367 g/mol. The standard InChI is InChI=1S/C23H30N2O2/c1-23(2,3)18-9-7-17(8-10-18)22(26)24-19-11-13-20(14-12-19)25-15-5-6-21(16-25)27-4/h7-14,21H,5-6,15-16H2,1-4H3,(H,24,26). The fourth-order valence-corrected chi connectivity index (χ4v) is 3.45. The van der Waals surface area contributed by atoms with E-state index in [-0.39, 0.29) is 11.3 Å². The van der Waals surface area contributed by atoms with Crippen molar-refractivity contribution in [2.24, 2.45) is 0 Å². The van der Waals surface area contributed by atoms with Gasteiger partial charge in [0.2, 0.25) is 0 Å². The summed E-state index contributed by atoms with van der Waals surface area (Å²) in [7, 11) is 1.78. The van der Waals surface area contributed by atoms with Crippen molar-refractivity contribution in [3.05, 3.63) is 59.7 Å². The van der Waals surface area contributed by atoms with Crippen LogP contribution >= 0.6 is 0 Å². The van der Waals surface area contributed by atoms with E-state index in [2.05, 4.69) is 43.1 Å². The van der Waals surface area contributed by atoms with Crippen LogP contribution in [0, 0.1) is 0 Å². The van der Waals surface area contributed by atoms with E-state index in [0.717, 1.165) is 31.6 Å². The van der Waals surface area contributed by atoms with Crippen molar-refractivity contribution in [2.75, 3.05) is 30.4 Å². The number of carbonyl (C=O) groups excluding carboxylic acids is 1. The minimum atomic E-state index is -0.0828. The lowest BCUT2D eigenvalue weighted by atomic mass is 9.87. The molecule has 27 heavy (non-hydrogen) atoms. The van der Waals surface area contributed by atoms with Gasteiger partial charge in [0.05, 0.1) is 6.10 Å². The highest BCUT2D eigenvalue weighted by atomic mass is 16.5. The van der Waals surface area contributed by atoms with E-state index in [1.54, 1.807) is 7.11 Å². The van der Waals surface area contributed by atoms with Gasteiger partial charge < -0.3 is 15.0 Å². The van der Waals surface area contributed by atoms with Crippen LogP contribution < -0.4 is 10.2 Å². The van der Waals surface area contributed by atoms with Crippen LogP contribution in [0.3, 0.4) is 0 Å². The molecule has 1 N–H and O–H groups in total. The topological polar surface area (TPSA) is 41.6 Å². The van der Waals surface area contributed by atoms with Crippen LogP contribution in [0.1, 0.15) is 49.5 Å². The first-order valence-corrected chi connectivity index (χ1v) is 9.66. The molecule has 1 aliphatic rings. The Labute approximate surface area is 162 Å². The Kier molecular flexibility index (Phi) is 5.85. The summed E-state index contributed by atoms with van der Waals surface area (Å²) in [5, 5.41) is 2.98. The lowest BCUT2D eigenvalue weighted by Crippen LogP contribution is -2.39.